The summed E-state index contributed by atoms with van der Waals surface area (Å²) in [6, 6.07) is -0.266. The maximum atomic E-state index is 13.3. The van der Waals surface area contributed by atoms with E-state index in [-0.39, 0.29) is 36.2 Å². The third-order valence-corrected chi connectivity index (χ3v) is 4.29. The Kier molecular flexibility index (Phi) is 3.27. The number of nitrogens with two attached hydrogens (primary N) is 1. The third-order valence-electron chi connectivity index (χ3n) is 4.29. The van der Waals surface area contributed by atoms with Crippen molar-refractivity contribution < 1.29 is 19.7 Å². The van der Waals surface area contributed by atoms with Crippen LogP contribution >= 0.6 is 0 Å². The van der Waals surface area contributed by atoms with E-state index >= 15 is 0 Å². The topological polar surface area (TPSA) is 130 Å². The number of imidazole rings is 1. The van der Waals surface area contributed by atoms with Crippen molar-refractivity contribution in [3.63, 3.8) is 0 Å². The van der Waals surface area contributed by atoms with Crippen LogP contribution in [-0.2, 0) is 0 Å². The van der Waals surface area contributed by atoms with E-state index in [0.717, 1.165) is 0 Å². The van der Waals surface area contributed by atoms with E-state index in [1.54, 1.807) is 4.57 Å². The Balaban J connectivity index is 2.03. The van der Waals surface area contributed by atoms with E-state index in [4.69, 9.17) is 5.73 Å². The van der Waals surface area contributed by atoms with E-state index < -0.39 is 17.6 Å². The first-order valence-corrected chi connectivity index (χ1v) is 6.56. The number of aliphatic hydroxyl groups excluding tert-OH is 3. The van der Waals surface area contributed by atoms with Gasteiger partial charge in [-0.25, -0.2) is 4.98 Å². The second-order valence-electron chi connectivity index (χ2n) is 5.49. The molecule has 5 N–H and O–H groups in total. The van der Waals surface area contributed by atoms with Crippen LogP contribution in [0, 0.1) is 11.5 Å². The fourth-order valence-corrected chi connectivity index (χ4v) is 2.98. The summed E-state index contributed by atoms with van der Waals surface area (Å²) in [4.78, 5) is 11.2. The van der Waals surface area contributed by atoms with Crippen molar-refractivity contribution in [3.05, 3.63) is 12.4 Å². The van der Waals surface area contributed by atoms with Crippen LogP contribution in [0.4, 0.5) is 10.2 Å². The molecule has 114 valence electrons. The standard InChI is InChI=1S/C12H16FN5O3/c13-11-16-9(14)8-10(17-11)18(5-15-8)6-1-7(21)12(2-6,3-19)4-20/h5-7,19-21H,1-4H2,(H2,14,16,17)/t6-,7-/m0/s1. The van der Waals surface area contributed by atoms with E-state index in [1.165, 1.54) is 6.33 Å². The zero-order valence-corrected chi connectivity index (χ0v) is 11.1. The van der Waals surface area contributed by atoms with Gasteiger partial charge in [-0.15, -0.1) is 0 Å². The Morgan fingerprint density at radius 2 is 2.10 bits per heavy atom. The molecule has 21 heavy (non-hydrogen) atoms. The van der Waals surface area contributed by atoms with Crippen LogP contribution in [0.15, 0.2) is 6.33 Å². The number of hydrogen-bond acceptors (Lipinski definition) is 7. The van der Waals surface area contributed by atoms with Crippen molar-refractivity contribution in [1.82, 2.24) is 19.5 Å². The van der Waals surface area contributed by atoms with Crippen LogP contribution in [-0.4, -0.2) is 54.2 Å². The van der Waals surface area contributed by atoms with Gasteiger partial charge in [-0.3, -0.25) is 0 Å². The predicted octanol–water partition coefficient (Wildman–Crippen LogP) is -0.786. The largest absolute Gasteiger partial charge is 0.396 e. The Morgan fingerprint density at radius 1 is 1.38 bits per heavy atom. The first kappa shape index (κ1) is 14.1. The monoisotopic (exact) mass is 297 g/mol. The highest BCUT2D eigenvalue weighted by molar-refractivity contribution is 5.81. The third kappa shape index (κ3) is 2.04. The summed E-state index contributed by atoms with van der Waals surface area (Å²) in [5, 5.41) is 29.0. The maximum Gasteiger partial charge on any atom is 0.312 e. The summed E-state index contributed by atoms with van der Waals surface area (Å²) in [7, 11) is 0. The molecule has 9 heteroatoms. The smallest absolute Gasteiger partial charge is 0.312 e. The molecular weight excluding hydrogens is 281 g/mol. The van der Waals surface area contributed by atoms with Gasteiger partial charge >= 0.3 is 6.08 Å². The van der Waals surface area contributed by atoms with Crippen LogP contribution in [0.3, 0.4) is 0 Å². The van der Waals surface area contributed by atoms with Crippen molar-refractivity contribution in [3.8, 4) is 0 Å². The first-order chi connectivity index (χ1) is 10.0. The molecule has 1 aliphatic carbocycles. The number of aromatic nitrogens is 4. The molecule has 0 unspecified atom stereocenters. The molecule has 0 bridgehead atoms. The SMILES string of the molecule is Nc1nc(F)nc2c1ncn2[C@H]1C[C@H](O)C(CO)(CO)C1. The minimum absolute atomic E-state index is 0.0506. The van der Waals surface area contributed by atoms with Gasteiger partial charge in [0.25, 0.3) is 0 Å². The van der Waals surface area contributed by atoms with Gasteiger partial charge in [0, 0.05) is 11.5 Å². The van der Waals surface area contributed by atoms with Gasteiger partial charge in [0.1, 0.15) is 5.52 Å². The van der Waals surface area contributed by atoms with Gasteiger partial charge in [0.05, 0.1) is 25.6 Å². The molecule has 3 rings (SSSR count). The lowest BCUT2D eigenvalue weighted by Crippen LogP contribution is -2.37. The van der Waals surface area contributed by atoms with E-state index in [1.807, 2.05) is 0 Å². The molecule has 1 saturated carbocycles. The second-order valence-corrected chi connectivity index (χ2v) is 5.49. The number of halogens is 1. The number of rotatable bonds is 3. The van der Waals surface area contributed by atoms with Crippen molar-refractivity contribution in [1.29, 1.82) is 0 Å². The molecule has 0 saturated heterocycles. The summed E-state index contributed by atoms with van der Waals surface area (Å²) >= 11 is 0. The molecule has 0 amide bonds. The van der Waals surface area contributed by atoms with Gasteiger partial charge in [0.15, 0.2) is 11.5 Å². The van der Waals surface area contributed by atoms with Crippen molar-refractivity contribution in [2.45, 2.75) is 25.0 Å². The van der Waals surface area contributed by atoms with Gasteiger partial charge in [-0.2, -0.15) is 14.4 Å². The summed E-state index contributed by atoms with van der Waals surface area (Å²) in [5.41, 5.74) is 5.16. The molecule has 8 nitrogen and oxygen atoms in total. The van der Waals surface area contributed by atoms with E-state index in [2.05, 4.69) is 15.0 Å². The van der Waals surface area contributed by atoms with Gasteiger partial charge in [-0.05, 0) is 12.8 Å². The zero-order chi connectivity index (χ0) is 15.2. The number of nitrogens with zero attached hydrogens (tertiary/aromatic N) is 4. The average molecular weight is 297 g/mol. The number of nitrogen functional groups attached to an aromatic ring is 1. The Bertz CT molecular complexity index is 672. The fraction of sp³-hybridized carbons (Fsp3) is 0.583. The molecule has 1 fully saturated rings. The Hall–Kier alpha value is -1.84. The fourth-order valence-electron chi connectivity index (χ4n) is 2.98. The molecule has 2 aromatic heterocycles. The zero-order valence-electron chi connectivity index (χ0n) is 11.1. The summed E-state index contributed by atoms with van der Waals surface area (Å²) < 4.78 is 14.9. The van der Waals surface area contributed by atoms with Crippen LogP contribution in [0.25, 0.3) is 11.2 Å². The maximum absolute atomic E-state index is 13.3. The van der Waals surface area contributed by atoms with Gasteiger partial charge in [-0.1, -0.05) is 0 Å². The first-order valence-electron chi connectivity index (χ1n) is 6.56. The molecule has 0 radical (unpaired) electrons. The highest BCUT2D eigenvalue weighted by Gasteiger charge is 2.47. The molecule has 0 spiro atoms. The van der Waals surface area contributed by atoms with Crippen LogP contribution < -0.4 is 5.73 Å². The average Bonchev–Trinajstić information content (AvgIpc) is 3.00. The van der Waals surface area contributed by atoms with Crippen molar-refractivity contribution in [2.24, 2.45) is 5.41 Å². The molecule has 2 atom stereocenters. The molecule has 0 aromatic carbocycles. The lowest BCUT2D eigenvalue weighted by molar-refractivity contribution is -0.0316. The van der Waals surface area contributed by atoms with Crippen LogP contribution in [0.1, 0.15) is 18.9 Å². The number of fused-ring (bicyclic) bond motifs is 1. The minimum Gasteiger partial charge on any atom is -0.396 e. The van der Waals surface area contributed by atoms with Gasteiger partial charge in [0.2, 0.25) is 0 Å². The number of aliphatic hydroxyl groups is 3. The highest BCUT2D eigenvalue weighted by atomic mass is 19.1. The number of hydrogen-bond donors (Lipinski definition) is 4. The lowest BCUT2D eigenvalue weighted by Gasteiger charge is -2.27. The molecule has 2 aromatic rings. The molecule has 1 aliphatic rings. The Morgan fingerprint density at radius 3 is 2.71 bits per heavy atom. The number of anilines is 1. The van der Waals surface area contributed by atoms with E-state index in [9.17, 15) is 19.7 Å². The lowest BCUT2D eigenvalue weighted by atomic mass is 9.86. The van der Waals surface area contributed by atoms with Crippen molar-refractivity contribution in [2.75, 3.05) is 18.9 Å². The summed E-state index contributed by atoms with van der Waals surface area (Å²) in [6.07, 6.45) is 0.281. The minimum atomic E-state index is -0.974. The normalized spacial score (nSPS) is 24.8. The van der Waals surface area contributed by atoms with Crippen molar-refractivity contribution >= 4 is 17.0 Å². The molecular formula is C12H16FN5O3. The summed E-state index contributed by atoms with van der Waals surface area (Å²) in [5.74, 6) is -0.0506. The summed E-state index contributed by atoms with van der Waals surface area (Å²) in [6.45, 7) is -0.668. The van der Waals surface area contributed by atoms with Crippen LogP contribution in [0.5, 0.6) is 0 Å². The molecule has 0 aliphatic heterocycles. The second kappa shape index (κ2) is 4.86. The van der Waals surface area contributed by atoms with Crippen LogP contribution in [0.2, 0.25) is 0 Å². The van der Waals surface area contributed by atoms with E-state index in [0.29, 0.717) is 12.8 Å². The highest BCUT2D eigenvalue weighted by Crippen LogP contribution is 2.44. The quantitative estimate of drug-likeness (QED) is 0.546. The van der Waals surface area contributed by atoms with Gasteiger partial charge < -0.3 is 25.6 Å². The Labute approximate surface area is 119 Å². The molecule has 2 heterocycles. The predicted molar refractivity (Wildman–Crippen MR) is 70.6 cm³/mol.